The van der Waals surface area contributed by atoms with Crippen molar-refractivity contribution in [3.63, 3.8) is 0 Å². The van der Waals surface area contributed by atoms with E-state index in [9.17, 15) is 19.4 Å². The molecule has 1 amide bonds. The number of rotatable bonds is 5. The Labute approximate surface area is 202 Å². The maximum atomic E-state index is 14.0. The maximum absolute atomic E-state index is 14.0. The first-order valence-corrected chi connectivity index (χ1v) is 11.6. The van der Waals surface area contributed by atoms with Gasteiger partial charge in [0.1, 0.15) is 11.4 Å². The van der Waals surface area contributed by atoms with Gasteiger partial charge >= 0.3 is 0 Å². The van der Waals surface area contributed by atoms with Gasteiger partial charge in [-0.05, 0) is 73.2 Å². The van der Waals surface area contributed by atoms with E-state index in [1.807, 2.05) is 13.0 Å². The third-order valence-corrected chi connectivity index (χ3v) is 7.49. The number of hydrogen-bond donors (Lipinski definition) is 2. The minimum absolute atomic E-state index is 0.0917. The molecular weight excluding hydrogens is 455 g/mol. The fourth-order valence-electron chi connectivity index (χ4n) is 5.34. The molecular formula is C27H26ClFN2O3. The molecule has 2 aromatic carbocycles. The zero-order valence-electron chi connectivity index (χ0n) is 19.2. The number of amides is 1. The number of pyridine rings is 1. The fraction of sp³-hybridized carbons (Fsp3) is 0.333. The average Bonchev–Trinajstić information content (AvgIpc) is 3.33. The van der Waals surface area contributed by atoms with Gasteiger partial charge in [-0.15, -0.1) is 0 Å². The Morgan fingerprint density at radius 3 is 2.41 bits per heavy atom. The average molecular weight is 481 g/mol. The number of carbonyl (C=O) groups is 1. The number of aromatic nitrogens is 1. The monoisotopic (exact) mass is 480 g/mol. The third kappa shape index (κ3) is 3.28. The van der Waals surface area contributed by atoms with E-state index in [4.69, 9.17) is 11.6 Å². The Bertz CT molecular complexity index is 1270. The number of benzene rings is 2. The zero-order chi connectivity index (χ0) is 24.5. The van der Waals surface area contributed by atoms with Gasteiger partial charge in [-0.2, -0.15) is 0 Å². The molecule has 2 N–H and O–H groups in total. The largest absolute Gasteiger partial charge is 0.386 e. The summed E-state index contributed by atoms with van der Waals surface area (Å²) in [6.45, 7) is 5.38. The predicted octanol–water partition coefficient (Wildman–Crippen LogP) is 4.77. The minimum Gasteiger partial charge on any atom is -0.386 e. The Morgan fingerprint density at radius 1 is 1.18 bits per heavy atom. The highest BCUT2D eigenvalue weighted by Crippen LogP contribution is 2.63. The van der Waals surface area contributed by atoms with Gasteiger partial charge in [-0.1, -0.05) is 42.8 Å². The second-order valence-corrected chi connectivity index (χ2v) is 10.4. The van der Waals surface area contributed by atoms with Crippen LogP contribution in [0.4, 0.5) is 4.39 Å². The summed E-state index contributed by atoms with van der Waals surface area (Å²) in [6.07, 6.45) is 2.00. The van der Waals surface area contributed by atoms with Gasteiger partial charge in [-0.3, -0.25) is 9.78 Å². The molecule has 176 valence electrons. The van der Waals surface area contributed by atoms with Crippen LogP contribution in [0.2, 0.25) is 5.02 Å². The van der Waals surface area contributed by atoms with E-state index in [-0.39, 0.29) is 18.4 Å². The number of carbonyl (C=O) groups excluding carboxylic acids is 1. The highest BCUT2D eigenvalue weighted by Gasteiger charge is 2.71. The molecule has 1 aliphatic heterocycles. The van der Waals surface area contributed by atoms with Crippen LogP contribution in [0.3, 0.4) is 0 Å². The molecule has 3 aromatic rings. The normalized spacial score (nSPS) is 26.0. The van der Waals surface area contributed by atoms with Gasteiger partial charge in [0, 0.05) is 11.8 Å². The van der Waals surface area contributed by atoms with Crippen LogP contribution in [0.1, 0.15) is 59.9 Å². The Morgan fingerprint density at radius 2 is 1.85 bits per heavy atom. The topological polar surface area (TPSA) is 73.7 Å². The van der Waals surface area contributed by atoms with Gasteiger partial charge in [0.05, 0.1) is 28.5 Å². The number of fused-ring (bicyclic) bond motifs is 1. The standard InChI is InChI=1S/C27H26ClFN2O3/c1-16-13-26(16,34)27(17-4-8-20(29)9-5-17)23-11-6-18(25(2,3)33)12-22(23)24(32)31(27)15-21-10-7-19(28)14-30-21/h4-12,14,16,33-34H,13,15H2,1-3H3/t16?,26?,27-/m1/s1. The summed E-state index contributed by atoms with van der Waals surface area (Å²) < 4.78 is 13.9. The molecule has 2 aliphatic rings. The van der Waals surface area contributed by atoms with Gasteiger partial charge in [0.15, 0.2) is 0 Å². The van der Waals surface area contributed by atoms with E-state index < -0.39 is 22.6 Å². The second kappa shape index (κ2) is 7.60. The lowest BCUT2D eigenvalue weighted by Gasteiger charge is -2.44. The van der Waals surface area contributed by atoms with Gasteiger partial charge in [0.25, 0.3) is 5.91 Å². The molecule has 1 fully saturated rings. The molecule has 1 aliphatic carbocycles. The molecule has 2 unspecified atom stereocenters. The highest BCUT2D eigenvalue weighted by molar-refractivity contribution is 6.30. The van der Waals surface area contributed by atoms with Crippen LogP contribution < -0.4 is 0 Å². The lowest BCUT2D eigenvalue weighted by atomic mass is 9.74. The van der Waals surface area contributed by atoms with Crippen molar-refractivity contribution in [3.8, 4) is 0 Å². The predicted molar refractivity (Wildman–Crippen MR) is 127 cm³/mol. The SMILES string of the molecule is CC1CC1(O)[C@@]1(c2ccc(F)cc2)c2ccc(C(C)(C)O)cc2C(=O)N1Cc1ccc(Cl)cn1. The zero-order valence-corrected chi connectivity index (χ0v) is 20.0. The number of nitrogens with zero attached hydrogens (tertiary/aromatic N) is 2. The summed E-state index contributed by atoms with van der Waals surface area (Å²) in [6, 6.07) is 14.7. The molecule has 0 saturated heterocycles. The van der Waals surface area contributed by atoms with E-state index >= 15 is 0 Å². The van der Waals surface area contributed by atoms with Crippen molar-refractivity contribution in [3.05, 3.63) is 99.6 Å². The molecule has 3 atom stereocenters. The van der Waals surface area contributed by atoms with Gasteiger partial charge < -0.3 is 15.1 Å². The Balaban J connectivity index is 1.78. The van der Waals surface area contributed by atoms with Crippen molar-refractivity contribution in [2.24, 2.45) is 5.92 Å². The molecule has 0 bridgehead atoms. The summed E-state index contributed by atoms with van der Waals surface area (Å²) in [7, 11) is 0. The van der Waals surface area contributed by atoms with E-state index in [0.717, 1.165) is 0 Å². The summed E-state index contributed by atoms with van der Waals surface area (Å²) in [4.78, 5) is 20.0. The number of hydrogen-bond acceptors (Lipinski definition) is 4. The molecule has 1 saturated carbocycles. The van der Waals surface area contributed by atoms with E-state index in [0.29, 0.717) is 39.4 Å². The lowest BCUT2D eigenvalue weighted by Crippen LogP contribution is -2.55. The minimum atomic E-state index is -1.26. The molecule has 5 rings (SSSR count). The third-order valence-electron chi connectivity index (χ3n) is 7.27. The van der Waals surface area contributed by atoms with E-state index in [1.54, 1.807) is 55.1 Å². The van der Waals surface area contributed by atoms with Gasteiger partial charge in [0.2, 0.25) is 0 Å². The summed E-state index contributed by atoms with van der Waals surface area (Å²) in [5.74, 6) is -0.775. The van der Waals surface area contributed by atoms with Crippen LogP contribution in [0.25, 0.3) is 0 Å². The van der Waals surface area contributed by atoms with Crippen LogP contribution in [-0.2, 0) is 17.7 Å². The highest BCUT2D eigenvalue weighted by atomic mass is 35.5. The summed E-state index contributed by atoms with van der Waals surface area (Å²) in [5, 5.41) is 23.0. The van der Waals surface area contributed by atoms with Crippen molar-refractivity contribution >= 4 is 17.5 Å². The van der Waals surface area contributed by atoms with Crippen LogP contribution in [0.5, 0.6) is 0 Å². The van der Waals surface area contributed by atoms with Crippen molar-refractivity contribution in [1.82, 2.24) is 9.88 Å². The molecule has 2 heterocycles. The van der Waals surface area contributed by atoms with Crippen molar-refractivity contribution in [1.29, 1.82) is 0 Å². The lowest BCUT2D eigenvalue weighted by molar-refractivity contribution is -0.0232. The summed E-state index contributed by atoms with van der Waals surface area (Å²) in [5.41, 5.74) is -0.781. The molecule has 0 radical (unpaired) electrons. The first-order valence-electron chi connectivity index (χ1n) is 11.3. The van der Waals surface area contributed by atoms with Crippen molar-refractivity contribution in [2.45, 2.75) is 50.5 Å². The molecule has 34 heavy (non-hydrogen) atoms. The second-order valence-electron chi connectivity index (χ2n) is 9.93. The van der Waals surface area contributed by atoms with Gasteiger partial charge in [-0.25, -0.2) is 4.39 Å². The Kier molecular flexibility index (Phi) is 5.13. The number of aliphatic hydroxyl groups is 2. The maximum Gasteiger partial charge on any atom is 0.255 e. The molecule has 0 spiro atoms. The molecule has 1 aromatic heterocycles. The van der Waals surface area contributed by atoms with Crippen molar-refractivity contribution < 1.29 is 19.4 Å². The van der Waals surface area contributed by atoms with Crippen LogP contribution in [0.15, 0.2) is 60.8 Å². The first kappa shape index (κ1) is 23.0. The van der Waals surface area contributed by atoms with Crippen LogP contribution >= 0.6 is 11.6 Å². The molecule has 7 heteroatoms. The van der Waals surface area contributed by atoms with Crippen LogP contribution in [0, 0.1) is 11.7 Å². The number of halogens is 2. The quantitative estimate of drug-likeness (QED) is 0.551. The van der Waals surface area contributed by atoms with E-state index in [2.05, 4.69) is 4.98 Å². The van der Waals surface area contributed by atoms with Crippen molar-refractivity contribution in [2.75, 3.05) is 0 Å². The van der Waals surface area contributed by atoms with E-state index in [1.165, 1.54) is 18.3 Å². The molecule has 5 nitrogen and oxygen atoms in total. The first-order chi connectivity index (χ1) is 16.0. The smallest absolute Gasteiger partial charge is 0.255 e. The summed E-state index contributed by atoms with van der Waals surface area (Å²) >= 11 is 6.02. The van der Waals surface area contributed by atoms with Crippen LogP contribution in [-0.4, -0.2) is 31.6 Å². The fourth-order valence-corrected chi connectivity index (χ4v) is 5.46. The Hall–Kier alpha value is -2.80.